The monoisotopic (exact) mass is 215 g/mol. The Morgan fingerprint density at radius 1 is 1.19 bits per heavy atom. The molecule has 0 saturated heterocycles. The molecule has 0 atom stereocenters. The minimum absolute atomic E-state index is 0.495. The number of pyridine rings is 1. The van der Waals surface area contributed by atoms with Crippen molar-refractivity contribution in [2.24, 2.45) is 0 Å². The van der Waals surface area contributed by atoms with Crippen LogP contribution in [-0.2, 0) is 0 Å². The van der Waals surface area contributed by atoms with Crippen LogP contribution < -0.4 is 0 Å². The van der Waals surface area contributed by atoms with Crippen molar-refractivity contribution in [2.75, 3.05) is 0 Å². The van der Waals surface area contributed by atoms with E-state index in [1.165, 1.54) is 12.3 Å². The minimum Gasteiger partial charge on any atom is -0.298 e. The van der Waals surface area contributed by atoms with Gasteiger partial charge in [-0.25, -0.2) is 4.98 Å². The lowest BCUT2D eigenvalue weighted by atomic mass is 10.0. The molecule has 0 fully saturated rings. The van der Waals surface area contributed by atoms with Gasteiger partial charge in [0, 0.05) is 17.3 Å². The molecule has 1 heterocycles. The maximum absolute atomic E-state index is 12.6. The molecule has 0 aliphatic rings. The quantitative estimate of drug-likeness (QED) is 0.569. The third-order valence-corrected chi connectivity index (χ3v) is 2.46. The molecule has 1 aromatic carbocycles. The fourth-order valence-electron chi connectivity index (χ4n) is 1.53. The molecule has 0 spiro atoms. The van der Waals surface area contributed by atoms with Crippen LogP contribution in [0.15, 0.2) is 36.5 Å². The summed E-state index contributed by atoms with van der Waals surface area (Å²) in [5.74, 6) is -0.495. The van der Waals surface area contributed by atoms with Crippen molar-refractivity contribution in [3.8, 4) is 11.1 Å². The maximum atomic E-state index is 12.6. The number of hydrogen-bond donors (Lipinski definition) is 0. The van der Waals surface area contributed by atoms with Crippen LogP contribution in [0.5, 0.6) is 0 Å². The summed E-state index contributed by atoms with van der Waals surface area (Å²) in [6.07, 6.45) is 2.30. The second-order valence-electron chi connectivity index (χ2n) is 3.56. The van der Waals surface area contributed by atoms with E-state index in [-0.39, 0.29) is 0 Å². The summed E-state index contributed by atoms with van der Waals surface area (Å²) in [6.45, 7) is 1.87. The molecule has 0 aliphatic heterocycles. The fourth-order valence-corrected chi connectivity index (χ4v) is 1.53. The average Bonchev–Trinajstić information content (AvgIpc) is 2.30. The zero-order chi connectivity index (χ0) is 11.5. The van der Waals surface area contributed by atoms with Gasteiger partial charge in [0.05, 0.1) is 0 Å². The minimum atomic E-state index is -0.495. The van der Waals surface area contributed by atoms with Crippen LogP contribution in [0.3, 0.4) is 0 Å². The molecule has 2 rings (SSSR count). The van der Waals surface area contributed by atoms with Crippen molar-refractivity contribution in [3.63, 3.8) is 0 Å². The van der Waals surface area contributed by atoms with Gasteiger partial charge in [0.15, 0.2) is 0 Å². The predicted molar refractivity (Wildman–Crippen MR) is 59.8 cm³/mol. The number of hydrogen-bond acceptors (Lipinski definition) is 2. The second kappa shape index (κ2) is 4.23. The summed E-state index contributed by atoms with van der Waals surface area (Å²) < 4.78 is 12.6. The first-order valence-electron chi connectivity index (χ1n) is 4.88. The molecular weight excluding hydrogens is 205 g/mol. The number of carbonyl (C=O) groups excluding carboxylic acids is 1. The van der Waals surface area contributed by atoms with Crippen LogP contribution in [0.25, 0.3) is 11.1 Å². The van der Waals surface area contributed by atoms with Crippen LogP contribution in [0.4, 0.5) is 4.39 Å². The topological polar surface area (TPSA) is 30.0 Å². The molecule has 2 nitrogen and oxygen atoms in total. The van der Waals surface area contributed by atoms with Gasteiger partial charge in [0.25, 0.3) is 0 Å². The van der Waals surface area contributed by atoms with Gasteiger partial charge in [0.1, 0.15) is 6.29 Å². The van der Waals surface area contributed by atoms with Crippen molar-refractivity contribution < 1.29 is 9.18 Å². The van der Waals surface area contributed by atoms with Crippen molar-refractivity contribution in [1.29, 1.82) is 0 Å². The fraction of sp³-hybridized carbons (Fsp3) is 0.0769. The highest BCUT2D eigenvalue weighted by Crippen LogP contribution is 2.21. The summed E-state index contributed by atoms with van der Waals surface area (Å²) >= 11 is 0. The SMILES string of the molecule is Cc1cc(-c2ccc(F)nc2)ccc1C=O. The molecule has 0 bridgehead atoms. The number of halogens is 1. The Labute approximate surface area is 92.8 Å². The third-order valence-electron chi connectivity index (χ3n) is 2.46. The number of aromatic nitrogens is 1. The highest BCUT2D eigenvalue weighted by molar-refractivity contribution is 5.79. The van der Waals surface area contributed by atoms with E-state index < -0.39 is 5.95 Å². The first kappa shape index (κ1) is 10.5. The van der Waals surface area contributed by atoms with Gasteiger partial charge in [-0.1, -0.05) is 18.2 Å². The molecule has 0 radical (unpaired) electrons. The molecular formula is C13H10FNO. The lowest BCUT2D eigenvalue weighted by Crippen LogP contribution is -1.88. The molecule has 0 N–H and O–H groups in total. The van der Waals surface area contributed by atoms with Crippen LogP contribution in [0.1, 0.15) is 15.9 Å². The lowest BCUT2D eigenvalue weighted by Gasteiger charge is -2.04. The van der Waals surface area contributed by atoms with E-state index in [9.17, 15) is 9.18 Å². The molecule has 1 aromatic heterocycles. The van der Waals surface area contributed by atoms with Gasteiger partial charge < -0.3 is 0 Å². The number of carbonyl (C=O) groups is 1. The number of aryl methyl sites for hydroxylation is 1. The molecule has 16 heavy (non-hydrogen) atoms. The molecule has 0 aliphatic carbocycles. The summed E-state index contributed by atoms with van der Waals surface area (Å²) in [5.41, 5.74) is 3.33. The molecule has 0 unspecified atom stereocenters. The van der Waals surface area contributed by atoms with Crippen molar-refractivity contribution in [1.82, 2.24) is 4.98 Å². The Bertz CT molecular complexity index is 520. The van der Waals surface area contributed by atoms with E-state index in [2.05, 4.69) is 4.98 Å². The molecule has 2 aromatic rings. The van der Waals surface area contributed by atoms with Crippen LogP contribution >= 0.6 is 0 Å². The average molecular weight is 215 g/mol. The zero-order valence-electron chi connectivity index (χ0n) is 8.77. The van der Waals surface area contributed by atoms with Gasteiger partial charge in [-0.15, -0.1) is 0 Å². The van der Waals surface area contributed by atoms with Crippen molar-refractivity contribution in [2.45, 2.75) is 6.92 Å². The summed E-state index contributed by atoms with van der Waals surface area (Å²) in [6, 6.07) is 8.45. The van der Waals surface area contributed by atoms with Gasteiger partial charge in [0.2, 0.25) is 5.95 Å². The normalized spacial score (nSPS) is 10.1. The first-order valence-corrected chi connectivity index (χ1v) is 4.88. The Morgan fingerprint density at radius 2 is 1.94 bits per heavy atom. The molecule has 0 amide bonds. The lowest BCUT2D eigenvalue weighted by molar-refractivity contribution is 0.112. The van der Waals surface area contributed by atoms with Crippen molar-refractivity contribution >= 4 is 6.29 Å². The smallest absolute Gasteiger partial charge is 0.212 e. The predicted octanol–water partition coefficient (Wildman–Crippen LogP) is 3.01. The zero-order valence-corrected chi connectivity index (χ0v) is 8.77. The summed E-state index contributed by atoms with van der Waals surface area (Å²) in [7, 11) is 0. The van der Waals surface area contributed by atoms with Gasteiger partial charge in [-0.05, 0) is 30.2 Å². The maximum Gasteiger partial charge on any atom is 0.212 e. The Balaban J connectivity index is 2.45. The molecule has 3 heteroatoms. The van der Waals surface area contributed by atoms with Gasteiger partial charge in [-0.3, -0.25) is 4.79 Å². The number of nitrogens with zero attached hydrogens (tertiary/aromatic N) is 1. The summed E-state index contributed by atoms with van der Waals surface area (Å²) in [5, 5.41) is 0. The standard InChI is InChI=1S/C13H10FNO/c1-9-6-10(2-3-12(9)8-16)11-4-5-13(14)15-7-11/h2-8H,1H3. The molecule has 80 valence electrons. The van der Waals surface area contributed by atoms with Gasteiger partial charge >= 0.3 is 0 Å². The van der Waals surface area contributed by atoms with Crippen LogP contribution in [-0.4, -0.2) is 11.3 Å². The van der Waals surface area contributed by atoms with E-state index in [1.54, 1.807) is 12.1 Å². The second-order valence-corrected chi connectivity index (χ2v) is 3.56. The number of rotatable bonds is 2. The van der Waals surface area contributed by atoms with Crippen LogP contribution in [0, 0.1) is 12.9 Å². The number of aldehydes is 1. The largest absolute Gasteiger partial charge is 0.298 e. The highest BCUT2D eigenvalue weighted by atomic mass is 19.1. The van der Waals surface area contributed by atoms with E-state index in [0.717, 1.165) is 23.0 Å². The summed E-state index contributed by atoms with van der Waals surface area (Å²) in [4.78, 5) is 14.2. The van der Waals surface area contributed by atoms with E-state index in [1.807, 2.05) is 19.1 Å². The van der Waals surface area contributed by atoms with E-state index in [0.29, 0.717) is 5.56 Å². The van der Waals surface area contributed by atoms with Crippen molar-refractivity contribution in [3.05, 3.63) is 53.6 Å². The Hall–Kier alpha value is -2.03. The van der Waals surface area contributed by atoms with Crippen LogP contribution in [0.2, 0.25) is 0 Å². The van der Waals surface area contributed by atoms with Gasteiger partial charge in [-0.2, -0.15) is 4.39 Å². The Morgan fingerprint density at radius 3 is 2.50 bits per heavy atom. The third kappa shape index (κ3) is 1.98. The number of benzene rings is 1. The first-order chi connectivity index (χ1) is 7.70. The molecule has 0 saturated carbocycles. The Kier molecular flexibility index (Phi) is 2.77. The van der Waals surface area contributed by atoms with E-state index >= 15 is 0 Å². The highest BCUT2D eigenvalue weighted by Gasteiger charge is 2.02. The van der Waals surface area contributed by atoms with E-state index in [4.69, 9.17) is 0 Å².